The van der Waals surface area contributed by atoms with Gasteiger partial charge in [-0.15, -0.1) is 0 Å². The molecule has 1 amide bonds. The van der Waals surface area contributed by atoms with Crippen molar-refractivity contribution in [2.45, 2.75) is 76.0 Å². The Labute approximate surface area is 182 Å². The van der Waals surface area contributed by atoms with Crippen LogP contribution in [0.25, 0.3) is 10.9 Å². The lowest BCUT2D eigenvalue weighted by atomic mass is 9.69. The number of hydrogen-bond donors (Lipinski definition) is 1. The van der Waals surface area contributed by atoms with Crippen LogP contribution in [-0.4, -0.2) is 41.5 Å². The molecular formula is C24H31FN2O4. The molecule has 1 aliphatic carbocycles. The summed E-state index contributed by atoms with van der Waals surface area (Å²) < 4.78 is 31.6. The van der Waals surface area contributed by atoms with Crippen LogP contribution in [0.1, 0.15) is 58.4 Å². The molecule has 1 N–H and O–H groups in total. The van der Waals surface area contributed by atoms with Crippen LogP contribution in [0.4, 0.5) is 9.18 Å². The maximum atomic E-state index is 14.7. The Morgan fingerprint density at radius 1 is 1.19 bits per heavy atom. The summed E-state index contributed by atoms with van der Waals surface area (Å²) in [6, 6.07) is 6.93. The van der Waals surface area contributed by atoms with Gasteiger partial charge in [0.2, 0.25) is 5.88 Å². The third-order valence-electron chi connectivity index (χ3n) is 6.46. The van der Waals surface area contributed by atoms with E-state index in [9.17, 15) is 9.18 Å². The van der Waals surface area contributed by atoms with Crippen molar-refractivity contribution in [3.05, 3.63) is 35.6 Å². The van der Waals surface area contributed by atoms with Crippen molar-refractivity contribution in [2.24, 2.45) is 0 Å². The van der Waals surface area contributed by atoms with Crippen molar-refractivity contribution < 1.29 is 23.4 Å². The van der Waals surface area contributed by atoms with Crippen LogP contribution in [0.15, 0.2) is 24.3 Å². The predicted molar refractivity (Wildman–Crippen MR) is 116 cm³/mol. The minimum Gasteiger partial charge on any atom is -0.481 e. The average Bonchev–Trinajstić information content (AvgIpc) is 2.72. The van der Waals surface area contributed by atoms with Crippen molar-refractivity contribution in [3.63, 3.8) is 0 Å². The number of aryl methyl sites for hydroxylation is 1. The van der Waals surface area contributed by atoms with Gasteiger partial charge in [0.1, 0.15) is 11.4 Å². The van der Waals surface area contributed by atoms with E-state index in [1.165, 1.54) is 6.07 Å². The molecule has 0 atom stereocenters. The SMILES string of the molecule is COc1ccc2ccc(F)c(CCC34CCC(NC(=O)OC(C)(C)C)(CC3)CO4)c2n1. The first-order valence-corrected chi connectivity index (χ1v) is 10.9. The lowest BCUT2D eigenvalue weighted by Gasteiger charge is -2.53. The normalized spacial score (nSPS) is 25.5. The van der Waals surface area contributed by atoms with Crippen LogP contribution in [0, 0.1) is 5.82 Å². The number of carbonyl (C=O) groups excluding carboxylic acids is 1. The number of pyridine rings is 1. The number of halogens is 1. The van der Waals surface area contributed by atoms with Gasteiger partial charge in [-0.25, -0.2) is 14.2 Å². The molecule has 5 rings (SSSR count). The maximum absolute atomic E-state index is 14.7. The molecule has 0 spiro atoms. The van der Waals surface area contributed by atoms with Gasteiger partial charge in [-0.2, -0.15) is 0 Å². The van der Waals surface area contributed by atoms with Gasteiger partial charge in [0.15, 0.2) is 0 Å². The van der Waals surface area contributed by atoms with E-state index in [1.807, 2.05) is 26.8 Å². The van der Waals surface area contributed by atoms with E-state index in [4.69, 9.17) is 14.2 Å². The fourth-order valence-corrected chi connectivity index (χ4v) is 4.68. The molecule has 7 heteroatoms. The highest BCUT2D eigenvalue weighted by molar-refractivity contribution is 5.82. The summed E-state index contributed by atoms with van der Waals surface area (Å²) in [4.78, 5) is 16.8. The van der Waals surface area contributed by atoms with Gasteiger partial charge in [0.25, 0.3) is 0 Å². The lowest BCUT2D eigenvalue weighted by molar-refractivity contribution is -0.163. The number of ether oxygens (including phenoxy) is 3. The maximum Gasteiger partial charge on any atom is 0.408 e. The van der Waals surface area contributed by atoms with Gasteiger partial charge < -0.3 is 19.5 Å². The Morgan fingerprint density at radius 2 is 1.90 bits per heavy atom. The number of carbonyl (C=O) groups is 1. The van der Waals surface area contributed by atoms with Crippen molar-refractivity contribution in [2.75, 3.05) is 13.7 Å². The molecule has 0 unspecified atom stereocenters. The summed E-state index contributed by atoms with van der Waals surface area (Å²) >= 11 is 0. The van der Waals surface area contributed by atoms with Crippen LogP contribution in [-0.2, 0) is 15.9 Å². The van der Waals surface area contributed by atoms with Crippen LogP contribution in [0.5, 0.6) is 5.88 Å². The highest BCUT2D eigenvalue weighted by Gasteiger charge is 2.50. The van der Waals surface area contributed by atoms with E-state index >= 15 is 0 Å². The minimum absolute atomic E-state index is 0.253. The van der Waals surface area contributed by atoms with E-state index in [0.717, 1.165) is 31.1 Å². The number of nitrogens with zero attached hydrogens (tertiary/aromatic N) is 1. The topological polar surface area (TPSA) is 69.7 Å². The Hall–Kier alpha value is -2.41. The van der Waals surface area contributed by atoms with Crippen LogP contribution in [0.3, 0.4) is 0 Å². The fourth-order valence-electron chi connectivity index (χ4n) is 4.68. The van der Waals surface area contributed by atoms with E-state index in [1.54, 1.807) is 19.2 Å². The zero-order valence-electron chi connectivity index (χ0n) is 18.7. The zero-order chi connectivity index (χ0) is 22.3. The van der Waals surface area contributed by atoms with Crippen molar-refractivity contribution >= 4 is 17.0 Å². The molecule has 3 aliphatic rings. The second-order valence-electron chi connectivity index (χ2n) is 9.83. The first-order valence-electron chi connectivity index (χ1n) is 10.9. The molecule has 1 aromatic heterocycles. The summed E-state index contributed by atoms with van der Waals surface area (Å²) in [6.45, 7) is 6.01. The van der Waals surface area contributed by atoms with Gasteiger partial charge in [-0.3, -0.25) is 0 Å². The smallest absolute Gasteiger partial charge is 0.408 e. The summed E-state index contributed by atoms with van der Waals surface area (Å²) in [5.41, 5.74) is 0.0506. The first kappa shape index (κ1) is 21.8. The Balaban J connectivity index is 1.44. The third-order valence-corrected chi connectivity index (χ3v) is 6.46. The lowest BCUT2D eigenvalue weighted by Crippen LogP contribution is -2.63. The Morgan fingerprint density at radius 3 is 2.52 bits per heavy atom. The second kappa shape index (κ2) is 7.93. The minimum atomic E-state index is -0.534. The first-order chi connectivity index (χ1) is 14.6. The second-order valence-corrected chi connectivity index (χ2v) is 9.83. The molecule has 3 heterocycles. The fraction of sp³-hybridized carbons (Fsp3) is 0.583. The zero-order valence-corrected chi connectivity index (χ0v) is 18.7. The summed E-state index contributed by atoms with van der Waals surface area (Å²) in [6.07, 6.45) is 4.16. The van der Waals surface area contributed by atoms with E-state index in [-0.39, 0.29) is 17.0 Å². The molecule has 2 bridgehead atoms. The number of nitrogens with one attached hydrogen (secondary N) is 1. The van der Waals surface area contributed by atoms with Crippen LogP contribution >= 0.6 is 0 Å². The summed E-state index contributed by atoms with van der Waals surface area (Å²) in [7, 11) is 1.56. The van der Waals surface area contributed by atoms with Crippen molar-refractivity contribution in [1.82, 2.24) is 10.3 Å². The third kappa shape index (κ3) is 4.61. The average molecular weight is 431 g/mol. The monoisotopic (exact) mass is 430 g/mol. The van der Waals surface area contributed by atoms with E-state index < -0.39 is 11.7 Å². The van der Waals surface area contributed by atoms with Gasteiger partial charge in [0, 0.05) is 17.0 Å². The number of fused-ring (bicyclic) bond motifs is 4. The van der Waals surface area contributed by atoms with E-state index in [2.05, 4.69) is 10.3 Å². The molecule has 168 valence electrons. The molecule has 6 nitrogen and oxygen atoms in total. The molecule has 0 radical (unpaired) electrons. The number of methoxy groups -OCH3 is 1. The molecule has 2 aliphatic heterocycles. The molecule has 2 saturated heterocycles. The number of benzene rings is 1. The summed E-state index contributed by atoms with van der Waals surface area (Å²) in [5.74, 6) is 0.222. The van der Waals surface area contributed by atoms with Gasteiger partial charge in [-0.1, -0.05) is 0 Å². The Bertz CT molecular complexity index is 961. The quantitative estimate of drug-likeness (QED) is 0.729. The number of aromatic nitrogens is 1. The van der Waals surface area contributed by atoms with Crippen molar-refractivity contribution in [3.8, 4) is 5.88 Å². The number of rotatable bonds is 5. The van der Waals surface area contributed by atoms with Gasteiger partial charge in [0.05, 0.1) is 30.4 Å². The highest BCUT2D eigenvalue weighted by Crippen LogP contribution is 2.46. The molecule has 1 aromatic carbocycles. The largest absolute Gasteiger partial charge is 0.481 e. The summed E-state index contributed by atoms with van der Waals surface area (Å²) in [5, 5.41) is 3.94. The molecule has 3 fully saturated rings. The predicted octanol–water partition coefficient (Wildman–Crippen LogP) is 4.92. The molecule has 2 aromatic rings. The molecule has 1 saturated carbocycles. The number of alkyl carbamates (subject to hydrolysis) is 1. The van der Waals surface area contributed by atoms with E-state index in [0.29, 0.717) is 36.4 Å². The molecular weight excluding hydrogens is 399 g/mol. The number of hydrogen-bond acceptors (Lipinski definition) is 5. The standard InChI is InChI=1S/C24H31FN2O4/c1-22(2,3)31-21(28)27-23-11-13-24(14-12-23,30-15-23)10-9-17-18(25)7-5-16-6-8-19(29-4)26-20(16)17/h5-8H,9-15H2,1-4H3,(H,27,28). The number of amides is 1. The van der Waals surface area contributed by atoms with Gasteiger partial charge in [-0.05, 0) is 77.5 Å². The Kier molecular flexibility index (Phi) is 5.58. The van der Waals surface area contributed by atoms with Gasteiger partial charge >= 0.3 is 6.09 Å². The van der Waals surface area contributed by atoms with Crippen molar-refractivity contribution in [1.29, 1.82) is 0 Å². The van der Waals surface area contributed by atoms with Crippen LogP contribution < -0.4 is 10.1 Å². The van der Waals surface area contributed by atoms with Crippen LogP contribution in [0.2, 0.25) is 0 Å². The molecule has 31 heavy (non-hydrogen) atoms. The highest BCUT2D eigenvalue weighted by atomic mass is 19.1.